The van der Waals surface area contributed by atoms with Gasteiger partial charge in [0.05, 0.1) is 18.7 Å². The second-order valence-electron chi connectivity index (χ2n) is 7.57. The summed E-state index contributed by atoms with van der Waals surface area (Å²) in [6, 6.07) is 19.7. The van der Waals surface area contributed by atoms with Crippen molar-refractivity contribution in [2.45, 2.75) is 25.3 Å². The third-order valence-corrected chi connectivity index (χ3v) is 5.94. The number of benzene rings is 3. The van der Waals surface area contributed by atoms with Gasteiger partial charge < -0.3 is 10.1 Å². The van der Waals surface area contributed by atoms with Crippen molar-refractivity contribution < 1.29 is 14.3 Å². The molecule has 1 aliphatic heterocycles. The van der Waals surface area contributed by atoms with Crippen molar-refractivity contribution in [2.24, 2.45) is 0 Å². The van der Waals surface area contributed by atoms with Gasteiger partial charge in [-0.3, -0.25) is 4.79 Å². The molecule has 1 unspecified atom stereocenters. The Bertz CT molecular complexity index is 1170. The number of fused-ring (bicyclic) bond motifs is 4. The Morgan fingerprint density at radius 2 is 1.79 bits per heavy atom. The Labute approximate surface area is 169 Å². The Hall–Kier alpha value is -3.40. The van der Waals surface area contributed by atoms with Crippen LogP contribution in [0.4, 0.5) is 5.69 Å². The highest BCUT2D eigenvalue weighted by Crippen LogP contribution is 2.47. The average molecular weight is 383 g/mol. The van der Waals surface area contributed by atoms with Gasteiger partial charge in [0.25, 0.3) is 0 Å². The van der Waals surface area contributed by atoms with Crippen LogP contribution in [0.3, 0.4) is 0 Å². The molecule has 4 nitrogen and oxygen atoms in total. The highest BCUT2D eigenvalue weighted by Gasteiger charge is 2.34. The molecule has 5 rings (SSSR count). The molecule has 1 heterocycles. The predicted molar refractivity (Wildman–Crippen MR) is 114 cm³/mol. The van der Waals surface area contributed by atoms with Crippen molar-refractivity contribution in [3.63, 3.8) is 0 Å². The van der Waals surface area contributed by atoms with E-state index in [0.29, 0.717) is 12.0 Å². The second-order valence-corrected chi connectivity index (χ2v) is 7.57. The van der Waals surface area contributed by atoms with Crippen molar-refractivity contribution in [2.75, 3.05) is 12.4 Å². The SMILES string of the molecule is COC(=O)c1ccc(C2Nc3ccc4ccccc4c3C3=C2C(=O)CCC3)cc1. The van der Waals surface area contributed by atoms with E-state index in [9.17, 15) is 9.59 Å². The fraction of sp³-hybridized carbons (Fsp3) is 0.200. The zero-order valence-corrected chi connectivity index (χ0v) is 16.2. The van der Waals surface area contributed by atoms with Crippen LogP contribution in [-0.2, 0) is 9.53 Å². The summed E-state index contributed by atoms with van der Waals surface area (Å²) in [5.74, 6) is -0.155. The lowest BCUT2D eigenvalue weighted by molar-refractivity contribution is -0.116. The van der Waals surface area contributed by atoms with Gasteiger partial charge in [-0.25, -0.2) is 4.79 Å². The molecule has 0 spiro atoms. The fourth-order valence-corrected chi connectivity index (χ4v) is 4.58. The first kappa shape index (κ1) is 17.7. The maximum atomic E-state index is 13.0. The minimum absolute atomic E-state index is 0.208. The number of Topliss-reactive ketones (excluding diaryl/α,β-unsaturated/α-hetero) is 1. The third kappa shape index (κ3) is 2.83. The van der Waals surface area contributed by atoms with Gasteiger partial charge in [-0.05, 0) is 52.9 Å². The van der Waals surface area contributed by atoms with E-state index < -0.39 is 0 Å². The van der Waals surface area contributed by atoms with Gasteiger partial charge in [-0.15, -0.1) is 0 Å². The van der Waals surface area contributed by atoms with Crippen LogP contribution < -0.4 is 5.32 Å². The molecule has 0 radical (unpaired) electrons. The zero-order valence-electron chi connectivity index (χ0n) is 16.2. The number of ether oxygens (including phenoxy) is 1. The van der Waals surface area contributed by atoms with E-state index >= 15 is 0 Å². The van der Waals surface area contributed by atoms with Gasteiger partial charge in [-0.2, -0.15) is 0 Å². The van der Waals surface area contributed by atoms with Crippen LogP contribution in [0.2, 0.25) is 0 Å². The van der Waals surface area contributed by atoms with E-state index in [0.717, 1.165) is 40.8 Å². The van der Waals surface area contributed by atoms with Gasteiger partial charge in [-0.1, -0.05) is 42.5 Å². The Kier molecular flexibility index (Phi) is 4.20. The van der Waals surface area contributed by atoms with E-state index in [1.165, 1.54) is 17.9 Å². The molecule has 29 heavy (non-hydrogen) atoms. The number of allylic oxidation sites excluding steroid dienone is 1. The Morgan fingerprint density at radius 3 is 2.59 bits per heavy atom. The Morgan fingerprint density at radius 1 is 1.00 bits per heavy atom. The van der Waals surface area contributed by atoms with Crippen LogP contribution >= 0.6 is 0 Å². The van der Waals surface area contributed by atoms with E-state index in [2.05, 4.69) is 29.6 Å². The molecule has 144 valence electrons. The predicted octanol–water partition coefficient (Wildman–Crippen LogP) is 5.30. The second kappa shape index (κ2) is 6.89. The van der Waals surface area contributed by atoms with Crippen molar-refractivity contribution in [3.05, 3.63) is 82.9 Å². The number of anilines is 1. The molecule has 1 atom stereocenters. The van der Waals surface area contributed by atoms with Crippen molar-refractivity contribution in [1.29, 1.82) is 0 Å². The average Bonchev–Trinajstić information content (AvgIpc) is 2.78. The van der Waals surface area contributed by atoms with Crippen molar-refractivity contribution in [3.8, 4) is 0 Å². The maximum Gasteiger partial charge on any atom is 0.337 e. The number of hydrogen-bond donors (Lipinski definition) is 1. The normalized spacial score (nSPS) is 18.1. The van der Waals surface area contributed by atoms with Gasteiger partial charge in [0.1, 0.15) is 0 Å². The lowest BCUT2D eigenvalue weighted by Gasteiger charge is -2.35. The molecule has 0 fully saturated rings. The van der Waals surface area contributed by atoms with Gasteiger partial charge in [0, 0.05) is 23.2 Å². The summed E-state index contributed by atoms with van der Waals surface area (Å²) in [7, 11) is 1.37. The van der Waals surface area contributed by atoms with Crippen LogP contribution in [0.1, 0.15) is 46.8 Å². The molecule has 2 aliphatic rings. The number of hydrogen-bond acceptors (Lipinski definition) is 4. The lowest BCUT2D eigenvalue weighted by Crippen LogP contribution is -2.27. The molecule has 1 N–H and O–H groups in total. The minimum atomic E-state index is -0.362. The molecule has 0 aromatic heterocycles. The largest absolute Gasteiger partial charge is 0.465 e. The molecule has 0 saturated carbocycles. The van der Waals surface area contributed by atoms with Crippen molar-refractivity contribution >= 4 is 33.8 Å². The molecule has 0 amide bonds. The Balaban J connectivity index is 1.68. The first-order valence-electron chi connectivity index (χ1n) is 9.90. The monoisotopic (exact) mass is 383 g/mol. The van der Waals surface area contributed by atoms with Gasteiger partial charge >= 0.3 is 5.97 Å². The van der Waals surface area contributed by atoms with Crippen LogP contribution in [0.25, 0.3) is 16.3 Å². The summed E-state index contributed by atoms with van der Waals surface area (Å²) in [4.78, 5) is 24.8. The molecule has 3 aromatic rings. The molecule has 4 heteroatoms. The van der Waals surface area contributed by atoms with E-state index in [1.807, 2.05) is 24.3 Å². The van der Waals surface area contributed by atoms with Crippen molar-refractivity contribution in [1.82, 2.24) is 0 Å². The van der Waals surface area contributed by atoms with Crippen LogP contribution in [-0.4, -0.2) is 18.9 Å². The van der Waals surface area contributed by atoms with Crippen LogP contribution in [0.5, 0.6) is 0 Å². The number of esters is 1. The summed E-state index contributed by atoms with van der Waals surface area (Å²) < 4.78 is 4.79. The van der Waals surface area contributed by atoms with Crippen LogP contribution in [0.15, 0.2) is 66.2 Å². The minimum Gasteiger partial charge on any atom is -0.465 e. The highest BCUT2D eigenvalue weighted by molar-refractivity contribution is 6.12. The van der Waals surface area contributed by atoms with E-state index in [4.69, 9.17) is 4.74 Å². The molecule has 1 aliphatic carbocycles. The zero-order chi connectivity index (χ0) is 20.0. The van der Waals surface area contributed by atoms with E-state index in [1.54, 1.807) is 12.1 Å². The summed E-state index contributed by atoms with van der Waals surface area (Å²) >= 11 is 0. The third-order valence-electron chi connectivity index (χ3n) is 5.94. The number of carbonyl (C=O) groups is 2. The smallest absolute Gasteiger partial charge is 0.337 e. The lowest BCUT2D eigenvalue weighted by atomic mass is 9.77. The highest BCUT2D eigenvalue weighted by atomic mass is 16.5. The summed E-state index contributed by atoms with van der Waals surface area (Å²) in [6.07, 6.45) is 2.37. The number of ketones is 1. The molecule has 0 bridgehead atoms. The molecular weight excluding hydrogens is 362 g/mol. The van der Waals surface area contributed by atoms with Gasteiger partial charge in [0.2, 0.25) is 0 Å². The summed E-state index contributed by atoms with van der Waals surface area (Å²) in [5, 5.41) is 5.96. The first-order valence-corrected chi connectivity index (χ1v) is 9.90. The number of nitrogens with one attached hydrogen (secondary N) is 1. The number of methoxy groups -OCH3 is 1. The van der Waals surface area contributed by atoms with Crippen LogP contribution in [0, 0.1) is 0 Å². The summed E-state index contributed by atoms with van der Waals surface area (Å²) in [6.45, 7) is 0. The quantitative estimate of drug-likeness (QED) is 0.610. The summed E-state index contributed by atoms with van der Waals surface area (Å²) in [5.41, 5.74) is 5.72. The number of rotatable bonds is 2. The van der Waals surface area contributed by atoms with E-state index in [-0.39, 0.29) is 17.8 Å². The topological polar surface area (TPSA) is 55.4 Å². The molecular formula is C25H21NO3. The maximum absolute atomic E-state index is 13.0. The molecule has 0 saturated heterocycles. The van der Waals surface area contributed by atoms with Gasteiger partial charge in [0.15, 0.2) is 5.78 Å². The standard InChI is InChI=1S/C25H21NO3/c1-29-25(28)17-11-9-16(10-12-17)24-23-19(7-4-8-21(23)27)22-18-6-3-2-5-15(18)13-14-20(22)26-24/h2-3,5-6,9-14,24,26H,4,7-8H2,1H3. The number of carbonyl (C=O) groups excluding carboxylic acids is 2. The first-order chi connectivity index (χ1) is 14.2. The fourth-order valence-electron chi connectivity index (χ4n) is 4.58. The molecule has 3 aromatic carbocycles.